The second kappa shape index (κ2) is 4.11. The van der Waals surface area contributed by atoms with Gasteiger partial charge in [0.15, 0.2) is 0 Å². The molecule has 0 bridgehead atoms. The second-order valence-corrected chi connectivity index (χ2v) is 1.60. The fourth-order valence-corrected chi connectivity index (χ4v) is 0.563. The molecule has 0 nitrogen and oxygen atoms in total. The van der Waals surface area contributed by atoms with Crippen LogP contribution in [0.25, 0.3) is 0 Å². The number of halogens is 1. The van der Waals surface area contributed by atoms with Gasteiger partial charge in [0.05, 0.1) is 5.82 Å². The fourth-order valence-electron chi connectivity index (χ4n) is 0.563. The number of benzene rings is 1. The van der Waals surface area contributed by atoms with E-state index in [4.69, 9.17) is 6.42 Å². The molecule has 0 amide bonds. The molecule has 0 aromatic heterocycles. The van der Waals surface area contributed by atoms with Crippen molar-refractivity contribution in [3.05, 3.63) is 42.1 Å². The molecule has 1 aromatic rings. The van der Waals surface area contributed by atoms with Crippen molar-refractivity contribution < 1.29 is 21.5 Å². The summed E-state index contributed by atoms with van der Waals surface area (Å²) in [6, 6.07) is 6.05. The number of rotatable bonds is 0. The zero-order valence-corrected chi connectivity index (χ0v) is 5.93. The van der Waals surface area contributed by atoms with Gasteiger partial charge >= 0.3 is 17.1 Å². The summed E-state index contributed by atoms with van der Waals surface area (Å²) in [6.45, 7) is 0. The van der Waals surface area contributed by atoms with Crippen LogP contribution >= 0.6 is 0 Å². The Morgan fingerprint density at radius 3 is 2.30 bits per heavy atom. The quantitative estimate of drug-likeness (QED) is 0.326. The van der Waals surface area contributed by atoms with E-state index in [0.29, 0.717) is 0 Å². The van der Waals surface area contributed by atoms with Crippen LogP contribution in [0.2, 0.25) is 0 Å². The Balaban J connectivity index is 0.000000810. The van der Waals surface area contributed by atoms with E-state index in [1.807, 2.05) is 5.92 Å². The standard InChI is InChI=1S/C8H4F.Cu/c1-2-7-5-3-4-6-8(7)9;/h3-6H;/q-1;+1. The fraction of sp³-hybridized carbons (Fsp3) is 0. The van der Waals surface area contributed by atoms with Crippen LogP contribution < -0.4 is 0 Å². The summed E-state index contributed by atoms with van der Waals surface area (Å²) in [5, 5.41) is 0. The van der Waals surface area contributed by atoms with Gasteiger partial charge in [0, 0.05) is 0 Å². The van der Waals surface area contributed by atoms with E-state index in [2.05, 4.69) is 0 Å². The van der Waals surface area contributed by atoms with Crippen LogP contribution in [0.15, 0.2) is 24.3 Å². The van der Waals surface area contributed by atoms with E-state index in [1.165, 1.54) is 12.1 Å². The van der Waals surface area contributed by atoms with Gasteiger partial charge in [-0.2, -0.15) is 0 Å². The molecule has 0 N–H and O–H groups in total. The molecule has 0 unspecified atom stereocenters. The van der Waals surface area contributed by atoms with E-state index < -0.39 is 5.82 Å². The summed E-state index contributed by atoms with van der Waals surface area (Å²) >= 11 is 0. The molecule has 0 saturated heterocycles. The van der Waals surface area contributed by atoms with E-state index >= 15 is 0 Å². The first-order valence-electron chi connectivity index (χ1n) is 2.52. The molecule has 0 aliphatic rings. The van der Waals surface area contributed by atoms with Crippen molar-refractivity contribution in [2.75, 3.05) is 0 Å². The molecule has 0 heterocycles. The average molecular weight is 183 g/mol. The molecular weight excluding hydrogens is 179 g/mol. The predicted molar refractivity (Wildman–Crippen MR) is 32.6 cm³/mol. The Kier molecular flexibility index (Phi) is 3.79. The molecule has 0 radical (unpaired) electrons. The topological polar surface area (TPSA) is 0 Å². The molecule has 0 saturated carbocycles. The second-order valence-electron chi connectivity index (χ2n) is 1.60. The molecule has 0 aliphatic heterocycles. The number of hydrogen-bond donors (Lipinski definition) is 0. The smallest absolute Gasteiger partial charge is 0.366 e. The molecule has 1 aromatic carbocycles. The van der Waals surface area contributed by atoms with E-state index in [0.717, 1.165) is 0 Å². The van der Waals surface area contributed by atoms with Crippen molar-refractivity contribution in [1.82, 2.24) is 0 Å². The maximum atomic E-state index is 12.4. The van der Waals surface area contributed by atoms with Crippen LogP contribution in [0.4, 0.5) is 4.39 Å². The third-order valence-corrected chi connectivity index (χ3v) is 1.01. The minimum absolute atomic E-state index is 0. The molecule has 0 spiro atoms. The summed E-state index contributed by atoms with van der Waals surface area (Å²) in [6.07, 6.45) is 6.59. The third kappa shape index (κ3) is 1.88. The Morgan fingerprint density at radius 1 is 1.30 bits per heavy atom. The van der Waals surface area contributed by atoms with Crippen molar-refractivity contribution in [2.24, 2.45) is 0 Å². The molecular formula is C8H4CuF. The van der Waals surface area contributed by atoms with Gasteiger partial charge in [-0.05, 0) is 6.07 Å². The van der Waals surface area contributed by atoms with Crippen molar-refractivity contribution in [3.63, 3.8) is 0 Å². The Hall–Kier alpha value is -0.771. The molecule has 2 heteroatoms. The number of hydrogen-bond acceptors (Lipinski definition) is 0. The van der Waals surface area contributed by atoms with Gasteiger partial charge < -0.3 is 6.42 Å². The Bertz CT molecular complexity index is 250. The maximum absolute atomic E-state index is 12.4. The van der Waals surface area contributed by atoms with Crippen LogP contribution in [-0.2, 0) is 17.1 Å². The normalized spacial score (nSPS) is 7.60. The average Bonchev–Trinajstić information content (AvgIpc) is 1.89. The van der Waals surface area contributed by atoms with E-state index in [9.17, 15) is 4.39 Å². The van der Waals surface area contributed by atoms with Gasteiger partial charge in [-0.3, -0.25) is 5.92 Å². The summed E-state index contributed by atoms with van der Waals surface area (Å²) in [5.74, 6) is 1.57. The molecule has 0 atom stereocenters. The van der Waals surface area contributed by atoms with Crippen LogP contribution in [0, 0.1) is 18.2 Å². The third-order valence-electron chi connectivity index (χ3n) is 1.01. The van der Waals surface area contributed by atoms with Gasteiger partial charge in [-0.1, -0.05) is 17.7 Å². The maximum Gasteiger partial charge on any atom is 1.00 e. The van der Waals surface area contributed by atoms with Crippen molar-refractivity contribution >= 4 is 0 Å². The minimum atomic E-state index is -0.396. The van der Waals surface area contributed by atoms with Crippen LogP contribution in [0.3, 0.4) is 0 Å². The van der Waals surface area contributed by atoms with Crippen molar-refractivity contribution in [2.45, 2.75) is 0 Å². The van der Waals surface area contributed by atoms with Gasteiger partial charge in [0.1, 0.15) is 0 Å². The zero-order valence-electron chi connectivity index (χ0n) is 4.99. The summed E-state index contributed by atoms with van der Waals surface area (Å²) in [5.41, 5.74) is 0.206. The first-order chi connectivity index (χ1) is 4.34. The molecule has 0 fully saturated rings. The molecule has 0 aliphatic carbocycles. The van der Waals surface area contributed by atoms with Gasteiger partial charge in [0.25, 0.3) is 0 Å². The van der Waals surface area contributed by atoms with Gasteiger partial charge in [-0.15, -0.1) is 6.07 Å². The SMILES string of the molecule is [C-]#Cc1ccccc1F.[Cu+]. The summed E-state index contributed by atoms with van der Waals surface area (Å²) in [7, 11) is 0. The minimum Gasteiger partial charge on any atom is -0.366 e. The van der Waals surface area contributed by atoms with Crippen molar-refractivity contribution in [3.8, 4) is 5.92 Å². The van der Waals surface area contributed by atoms with Crippen LogP contribution in [-0.4, -0.2) is 0 Å². The van der Waals surface area contributed by atoms with Gasteiger partial charge in [0.2, 0.25) is 0 Å². The summed E-state index contributed by atoms with van der Waals surface area (Å²) in [4.78, 5) is 0. The Labute approximate surface area is 69.9 Å². The predicted octanol–water partition coefficient (Wildman–Crippen LogP) is 1.76. The monoisotopic (exact) mass is 182 g/mol. The van der Waals surface area contributed by atoms with E-state index in [1.54, 1.807) is 12.1 Å². The molecule has 54 valence electrons. The molecule has 10 heavy (non-hydrogen) atoms. The Morgan fingerprint density at radius 2 is 1.90 bits per heavy atom. The summed E-state index contributed by atoms with van der Waals surface area (Å²) < 4.78 is 12.4. The van der Waals surface area contributed by atoms with Crippen LogP contribution in [0.1, 0.15) is 5.56 Å². The van der Waals surface area contributed by atoms with Crippen molar-refractivity contribution in [1.29, 1.82) is 0 Å². The molecule has 1 rings (SSSR count). The zero-order chi connectivity index (χ0) is 6.69. The van der Waals surface area contributed by atoms with E-state index in [-0.39, 0.29) is 22.6 Å². The van der Waals surface area contributed by atoms with Gasteiger partial charge in [-0.25, -0.2) is 4.39 Å². The first-order valence-corrected chi connectivity index (χ1v) is 2.52. The first kappa shape index (κ1) is 9.23. The largest absolute Gasteiger partial charge is 1.00 e. The van der Waals surface area contributed by atoms with Crippen LogP contribution in [0.5, 0.6) is 0 Å².